The van der Waals surface area contributed by atoms with Gasteiger partial charge < -0.3 is 19.7 Å². The molecule has 0 radical (unpaired) electrons. The highest BCUT2D eigenvalue weighted by Crippen LogP contribution is 2.45. The topological polar surface area (TPSA) is 85.7 Å². The quantitative estimate of drug-likeness (QED) is 0.479. The Morgan fingerprint density at radius 1 is 1.20 bits per heavy atom. The number of aromatic nitrogens is 2. The molecule has 182 valence electrons. The van der Waals surface area contributed by atoms with Crippen LogP contribution in [0, 0.1) is 0 Å². The Balaban J connectivity index is 1.74. The molecule has 5 rings (SSSR count). The highest BCUT2D eigenvalue weighted by molar-refractivity contribution is 9.10. The van der Waals surface area contributed by atoms with Crippen molar-refractivity contribution in [2.24, 2.45) is 0 Å². The number of ether oxygens (including phenoxy) is 2. The van der Waals surface area contributed by atoms with Crippen molar-refractivity contribution in [3.8, 4) is 28.4 Å². The third-order valence-corrected chi connectivity index (χ3v) is 7.21. The number of halogens is 3. The number of carbonyl (C=O) groups excluding carboxylic acids is 2. The van der Waals surface area contributed by atoms with Crippen LogP contribution in [0.4, 0.5) is 0 Å². The fraction of sp³-hybridized carbons (Fsp3) is 0.292. The Labute approximate surface area is 220 Å². The van der Waals surface area contributed by atoms with E-state index in [1.807, 2.05) is 19.9 Å². The molecule has 2 aliphatic rings. The smallest absolute Gasteiger partial charge is 0.275 e. The number of methoxy groups -OCH3 is 1. The van der Waals surface area contributed by atoms with Crippen LogP contribution in [0.2, 0.25) is 10.0 Å². The summed E-state index contributed by atoms with van der Waals surface area (Å²) < 4.78 is 13.8. The lowest BCUT2D eigenvalue weighted by Crippen LogP contribution is -2.62. The van der Waals surface area contributed by atoms with Gasteiger partial charge in [-0.3, -0.25) is 9.59 Å². The number of amides is 2. The third-order valence-electron chi connectivity index (χ3n) is 6.15. The lowest BCUT2D eigenvalue weighted by molar-refractivity contribution is -0.126. The number of nitrogens with one attached hydrogen (secondary N) is 1. The molecule has 0 spiro atoms. The van der Waals surface area contributed by atoms with Crippen molar-refractivity contribution in [3.05, 3.63) is 56.1 Å². The molecule has 2 aliphatic heterocycles. The Hall–Kier alpha value is -2.75. The minimum atomic E-state index is -0.592. The van der Waals surface area contributed by atoms with Gasteiger partial charge in [0.25, 0.3) is 5.91 Å². The number of rotatable bonds is 3. The highest BCUT2D eigenvalue weighted by Gasteiger charge is 2.40. The average molecular weight is 580 g/mol. The average Bonchev–Trinajstić information content (AvgIpc) is 3.19. The Kier molecular flexibility index (Phi) is 5.97. The number of hydrogen-bond acceptors (Lipinski definition) is 5. The van der Waals surface area contributed by atoms with Gasteiger partial charge >= 0.3 is 0 Å². The molecule has 0 unspecified atom stereocenters. The van der Waals surface area contributed by atoms with Crippen LogP contribution in [0.3, 0.4) is 0 Å². The summed E-state index contributed by atoms with van der Waals surface area (Å²) in [5, 5.41) is 8.41. The molecule has 2 amide bonds. The summed E-state index contributed by atoms with van der Waals surface area (Å²) in [7, 11) is 1.58. The van der Waals surface area contributed by atoms with E-state index in [9.17, 15) is 9.59 Å². The van der Waals surface area contributed by atoms with Crippen LogP contribution >= 0.6 is 39.1 Å². The molecule has 1 fully saturated rings. The summed E-state index contributed by atoms with van der Waals surface area (Å²) in [6, 6.07) is 8.72. The highest BCUT2D eigenvalue weighted by atomic mass is 79.9. The predicted molar refractivity (Wildman–Crippen MR) is 136 cm³/mol. The molecule has 3 heterocycles. The summed E-state index contributed by atoms with van der Waals surface area (Å²) in [6.07, 6.45) is 0. The number of nitrogens with zero attached hydrogens (tertiary/aromatic N) is 3. The lowest BCUT2D eigenvalue weighted by Gasteiger charge is -2.41. The summed E-state index contributed by atoms with van der Waals surface area (Å²) in [4.78, 5) is 27.5. The van der Waals surface area contributed by atoms with E-state index < -0.39 is 5.54 Å². The van der Waals surface area contributed by atoms with E-state index in [1.165, 1.54) is 0 Å². The SMILES string of the molecule is COc1cc2c(cc1Br)-c1c(c(C(=O)N3CC(=O)NCC3(C)C)nn1-c1cc(Cl)cc(Cl)c1)CO2. The summed E-state index contributed by atoms with van der Waals surface area (Å²) >= 11 is 16.1. The molecule has 1 N–H and O–H groups in total. The Morgan fingerprint density at radius 2 is 1.91 bits per heavy atom. The van der Waals surface area contributed by atoms with Crippen LogP contribution < -0.4 is 14.8 Å². The van der Waals surface area contributed by atoms with Gasteiger partial charge in [0.1, 0.15) is 24.7 Å². The molecule has 0 saturated carbocycles. The molecule has 8 nitrogen and oxygen atoms in total. The number of piperazine rings is 1. The number of benzene rings is 2. The Morgan fingerprint density at radius 3 is 2.60 bits per heavy atom. The molecule has 2 aromatic carbocycles. The van der Waals surface area contributed by atoms with Gasteiger partial charge in [-0.25, -0.2) is 4.68 Å². The van der Waals surface area contributed by atoms with Gasteiger partial charge in [0.05, 0.1) is 28.5 Å². The zero-order valence-electron chi connectivity index (χ0n) is 19.1. The van der Waals surface area contributed by atoms with Crippen LogP contribution in [-0.4, -0.2) is 52.2 Å². The van der Waals surface area contributed by atoms with Gasteiger partial charge in [0, 0.05) is 33.8 Å². The first-order valence-corrected chi connectivity index (χ1v) is 12.3. The van der Waals surface area contributed by atoms with Crippen molar-refractivity contribution in [2.75, 3.05) is 20.2 Å². The fourth-order valence-corrected chi connectivity index (χ4v) is 5.35. The van der Waals surface area contributed by atoms with Crippen molar-refractivity contribution in [1.82, 2.24) is 20.0 Å². The maximum atomic E-state index is 13.8. The lowest BCUT2D eigenvalue weighted by atomic mass is 9.97. The molecule has 3 aromatic rings. The fourth-order valence-electron chi connectivity index (χ4n) is 4.33. The second-order valence-electron chi connectivity index (χ2n) is 8.97. The van der Waals surface area contributed by atoms with Gasteiger partial charge in [-0.2, -0.15) is 5.10 Å². The van der Waals surface area contributed by atoms with Crippen molar-refractivity contribution < 1.29 is 19.1 Å². The van der Waals surface area contributed by atoms with Crippen LogP contribution in [0.25, 0.3) is 16.9 Å². The van der Waals surface area contributed by atoms with E-state index in [2.05, 4.69) is 21.2 Å². The molecular weight excluding hydrogens is 559 g/mol. The first kappa shape index (κ1) is 24.0. The van der Waals surface area contributed by atoms with Gasteiger partial charge in [-0.05, 0) is 54.0 Å². The normalized spacial score (nSPS) is 16.2. The number of fused-ring (bicyclic) bond motifs is 3. The summed E-state index contributed by atoms with van der Waals surface area (Å²) in [6.45, 7) is 4.20. The maximum Gasteiger partial charge on any atom is 0.275 e. The molecule has 0 bridgehead atoms. The van der Waals surface area contributed by atoms with Crippen molar-refractivity contribution in [2.45, 2.75) is 26.0 Å². The van der Waals surface area contributed by atoms with Crippen LogP contribution in [-0.2, 0) is 11.4 Å². The summed E-state index contributed by atoms with van der Waals surface area (Å²) in [5.74, 6) is 0.628. The monoisotopic (exact) mass is 578 g/mol. The molecule has 0 atom stereocenters. The van der Waals surface area contributed by atoms with Crippen molar-refractivity contribution in [3.63, 3.8) is 0 Å². The molecule has 0 aliphatic carbocycles. The molecule has 11 heteroatoms. The van der Waals surface area contributed by atoms with E-state index >= 15 is 0 Å². The van der Waals surface area contributed by atoms with E-state index in [-0.39, 0.29) is 30.7 Å². The standard InChI is InChI=1S/C24H21BrCl2N4O4/c1-24(2)11-28-20(32)9-30(24)23(33)21-16-10-35-18-8-19(34-3)17(25)7-15(18)22(16)31(29-21)14-5-12(26)4-13(27)6-14/h4-8H,9-11H2,1-3H3,(H,28,32). The second-order valence-corrected chi connectivity index (χ2v) is 10.7. The number of carbonyl (C=O) groups is 2. The van der Waals surface area contributed by atoms with Gasteiger partial charge in [0.15, 0.2) is 5.69 Å². The van der Waals surface area contributed by atoms with E-state index in [1.54, 1.807) is 41.0 Å². The van der Waals surface area contributed by atoms with Crippen molar-refractivity contribution in [1.29, 1.82) is 0 Å². The largest absolute Gasteiger partial charge is 0.495 e. The molecule has 1 saturated heterocycles. The Bertz CT molecular complexity index is 1370. The molecular formula is C24H21BrCl2N4O4. The van der Waals surface area contributed by atoms with Gasteiger partial charge in [-0.1, -0.05) is 23.2 Å². The second kappa shape index (κ2) is 8.72. The van der Waals surface area contributed by atoms with Crippen LogP contribution in [0.15, 0.2) is 34.8 Å². The zero-order chi connectivity index (χ0) is 25.1. The van der Waals surface area contributed by atoms with Gasteiger partial charge in [-0.15, -0.1) is 0 Å². The minimum Gasteiger partial charge on any atom is -0.495 e. The van der Waals surface area contributed by atoms with Crippen LogP contribution in [0.1, 0.15) is 29.9 Å². The van der Waals surface area contributed by atoms with E-state index in [0.717, 1.165) is 5.56 Å². The van der Waals surface area contributed by atoms with Crippen molar-refractivity contribution >= 4 is 50.9 Å². The first-order chi connectivity index (χ1) is 16.6. The van der Waals surface area contributed by atoms with Crippen LogP contribution in [0.5, 0.6) is 11.5 Å². The number of hydrogen-bond donors (Lipinski definition) is 1. The van der Waals surface area contributed by atoms with Gasteiger partial charge in [0.2, 0.25) is 5.91 Å². The maximum absolute atomic E-state index is 13.8. The third kappa shape index (κ3) is 4.15. The first-order valence-electron chi connectivity index (χ1n) is 10.8. The van der Waals surface area contributed by atoms with E-state index in [4.69, 9.17) is 37.8 Å². The summed E-state index contributed by atoms with van der Waals surface area (Å²) in [5.41, 5.74) is 2.21. The minimum absolute atomic E-state index is 0.0589. The predicted octanol–water partition coefficient (Wildman–Crippen LogP) is 4.86. The molecule has 1 aromatic heterocycles. The zero-order valence-corrected chi connectivity index (χ0v) is 22.2. The van der Waals surface area contributed by atoms with E-state index in [0.29, 0.717) is 49.5 Å². The molecule has 35 heavy (non-hydrogen) atoms.